The van der Waals surface area contributed by atoms with E-state index in [1.807, 2.05) is 44.2 Å². The van der Waals surface area contributed by atoms with Gasteiger partial charge in [0.2, 0.25) is 17.7 Å². The van der Waals surface area contributed by atoms with Crippen molar-refractivity contribution in [2.75, 3.05) is 26.2 Å². The Hall–Kier alpha value is -2.49. The molecule has 0 saturated carbocycles. The molecule has 1 N–H and O–H groups in total. The van der Waals surface area contributed by atoms with Crippen molar-refractivity contribution < 1.29 is 24.2 Å². The normalized spacial score (nSPS) is 28.2. The molecule has 3 fully saturated rings. The quantitative estimate of drug-likeness (QED) is 0.180. The Morgan fingerprint density at radius 1 is 1.12 bits per heavy atom. The lowest BCUT2D eigenvalue weighted by molar-refractivity contribution is -0.149. The molecule has 3 heterocycles. The zero-order valence-corrected chi connectivity index (χ0v) is 25.9. The van der Waals surface area contributed by atoms with Gasteiger partial charge >= 0.3 is 0 Å². The van der Waals surface area contributed by atoms with E-state index < -0.39 is 29.6 Å². The number of alkyl halides is 1. The Kier molecular flexibility index (Phi) is 10.5. The lowest BCUT2D eigenvalue weighted by atomic mass is 9.70. The van der Waals surface area contributed by atoms with E-state index in [9.17, 15) is 19.5 Å². The lowest BCUT2D eigenvalue weighted by Crippen LogP contribution is -2.58. The van der Waals surface area contributed by atoms with Crippen molar-refractivity contribution in [3.05, 3.63) is 61.2 Å². The molecule has 3 saturated heterocycles. The molecule has 4 rings (SSSR count). The first-order chi connectivity index (χ1) is 19.7. The largest absolute Gasteiger partial charge is 0.396 e. The second kappa shape index (κ2) is 13.7. The van der Waals surface area contributed by atoms with Gasteiger partial charge < -0.3 is 24.5 Å². The van der Waals surface area contributed by atoms with E-state index in [0.717, 1.165) is 18.4 Å². The molecule has 3 aliphatic heterocycles. The number of fused-ring (bicyclic) bond motifs is 1. The van der Waals surface area contributed by atoms with Crippen LogP contribution < -0.4 is 0 Å². The third kappa shape index (κ3) is 6.04. The van der Waals surface area contributed by atoms with Crippen LogP contribution in [-0.4, -0.2) is 92.4 Å². The second-order valence-corrected chi connectivity index (χ2v) is 12.9. The number of hydrogen-bond acceptors (Lipinski definition) is 5. The molecule has 8 nitrogen and oxygen atoms in total. The Balaban J connectivity index is 1.70. The minimum atomic E-state index is -1.08. The fourth-order valence-electron chi connectivity index (χ4n) is 6.93. The Labute approximate surface area is 252 Å². The van der Waals surface area contributed by atoms with Crippen LogP contribution in [0.4, 0.5) is 0 Å². The molecule has 2 bridgehead atoms. The van der Waals surface area contributed by atoms with Crippen LogP contribution in [-0.2, 0) is 25.7 Å². The Morgan fingerprint density at radius 2 is 1.80 bits per heavy atom. The zero-order chi connectivity index (χ0) is 29.7. The van der Waals surface area contributed by atoms with Crippen molar-refractivity contribution in [3.63, 3.8) is 0 Å². The maximum absolute atomic E-state index is 14.3. The Morgan fingerprint density at radius 3 is 2.44 bits per heavy atom. The first kappa shape index (κ1) is 31.4. The van der Waals surface area contributed by atoms with Crippen molar-refractivity contribution in [1.29, 1.82) is 0 Å². The summed E-state index contributed by atoms with van der Waals surface area (Å²) < 4.78 is 6.71. The number of benzene rings is 1. The molecule has 224 valence electrons. The summed E-state index contributed by atoms with van der Waals surface area (Å²) in [4.78, 5) is 47.9. The number of nitrogens with zero attached hydrogens (tertiary/aromatic N) is 3. The van der Waals surface area contributed by atoms with Crippen molar-refractivity contribution in [2.45, 2.75) is 81.1 Å². The molecule has 3 aliphatic rings. The van der Waals surface area contributed by atoms with E-state index in [0.29, 0.717) is 45.4 Å². The van der Waals surface area contributed by atoms with Crippen molar-refractivity contribution >= 4 is 33.7 Å². The smallest absolute Gasteiger partial charge is 0.248 e. The topological polar surface area (TPSA) is 90.4 Å². The predicted molar refractivity (Wildman–Crippen MR) is 162 cm³/mol. The van der Waals surface area contributed by atoms with Crippen molar-refractivity contribution in [2.24, 2.45) is 11.8 Å². The molecule has 3 unspecified atom stereocenters. The summed E-state index contributed by atoms with van der Waals surface area (Å²) in [5.74, 6) is -1.92. The van der Waals surface area contributed by atoms with Crippen LogP contribution in [0.15, 0.2) is 55.6 Å². The first-order valence-electron chi connectivity index (χ1n) is 14.8. The van der Waals surface area contributed by atoms with Crippen molar-refractivity contribution in [3.8, 4) is 0 Å². The molecule has 0 aliphatic carbocycles. The molecule has 1 aromatic carbocycles. The Bertz CT molecular complexity index is 1110. The standard InChI is InChI=1S/C32H44BrN3O5/c1-5-16-34(21-23-14-10-9-11-15-23)29(38)25-26-30(39)36(18-12-7-8-13-19-37)28(31(40)35(17-6-2)22(3)4)32(26)20-24(33)27(25)41-32/h5-6,9-11,14-15,22,24-28,37H,1-2,7-8,12-13,16-21H2,3-4H3/t24?,25-,26+,27-,28?,32?/m1/s1. The van der Waals surface area contributed by atoms with Gasteiger partial charge in [0.05, 0.1) is 17.9 Å². The summed E-state index contributed by atoms with van der Waals surface area (Å²) in [5.41, 5.74) is -0.0940. The minimum Gasteiger partial charge on any atom is -0.396 e. The highest BCUT2D eigenvalue weighted by Gasteiger charge is 2.76. The molecule has 3 amide bonds. The summed E-state index contributed by atoms with van der Waals surface area (Å²) in [6.45, 7) is 13.3. The monoisotopic (exact) mass is 629 g/mol. The summed E-state index contributed by atoms with van der Waals surface area (Å²) in [6.07, 6.45) is 6.47. The molecule has 9 heteroatoms. The molecular weight excluding hydrogens is 586 g/mol. The van der Waals surface area contributed by atoms with E-state index in [1.54, 1.807) is 26.9 Å². The molecular formula is C32H44BrN3O5. The highest BCUT2D eigenvalue weighted by Crippen LogP contribution is 2.60. The van der Waals surface area contributed by atoms with Gasteiger partial charge in [-0.2, -0.15) is 0 Å². The van der Waals surface area contributed by atoms with Gasteiger partial charge in [-0.15, -0.1) is 13.2 Å². The molecule has 1 spiro atoms. The van der Waals surface area contributed by atoms with Gasteiger partial charge in [-0.1, -0.05) is 71.3 Å². The van der Waals surface area contributed by atoms with E-state index in [-0.39, 0.29) is 35.2 Å². The highest BCUT2D eigenvalue weighted by molar-refractivity contribution is 9.09. The summed E-state index contributed by atoms with van der Waals surface area (Å²) in [5, 5.41) is 9.17. The third-order valence-corrected chi connectivity index (χ3v) is 9.57. The minimum absolute atomic E-state index is 0.0952. The van der Waals surface area contributed by atoms with Gasteiger partial charge in [0, 0.05) is 43.7 Å². The summed E-state index contributed by atoms with van der Waals surface area (Å²) >= 11 is 3.77. The van der Waals surface area contributed by atoms with Gasteiger partial charge in [-0.05, 0) is 38.7 Å². The number of likely N-dealkylation sites (tertiary alicyclic amines) is 1. The van der Waals surface area contributed by atoms with Crippen LogP contribution in [0.5, 0.6) is 0 Å². The number of amides is 3. The molecule has 41 heavy (non-hydrogen) atoms. The number of ether oxygens (including phenoxy) is 1. The van der Waals surface area contributed by atoms with Gasteiger partial charge in [0.15, 0.2) is 0 Å². The number of hydrogen-bond donors (Lipinski definition) is 1. The molecule has 6 atom stereocenters. The maximum atomic E-state index is 14.3. The second-order valence-electron chi connectivity index (χ2n) is 11.7. The number of aliphatic hydroxyl groups is 1. The average Bonchev–Trinajstić information content (AvgIpc) is 3.54. The van der Waals surface area contributed by atoms with E-state index in [2.05, 4.69) is 29.1 Å². The fourth-order valence-corrected chi connectivity index (χ4v) is 7.88. The van der Waals surface area contributed by atoms with Crippen LogP contribution in [0.1, 0.15) is 51.5 Å². The van der Waals surface area contributed by atoms with Crippen LogP contribution in [0.3, 0.4) is 0 Å². The number of rotatable bonds is 15. The lowest BCUT2D eigenvalue weighted by Gasteiger charge is -2.38. The van der Waals surface area contributed by atoms with Gasteiger partial charge in [-0.25, -0.2) is 0 Å². The van der Waals surface area contributed by atoms with Crippen LogP contribution in [0.2, 0.25) is 0 Å². The van der Waals surface area contributed by atoms with Crippen LogP contribution in [0, 0.1) is 11.8 Å². The zero-order valence-electron chi connectivity index (χ0n) is 24.3. The van der Waals surface area contributed by atoms with E-state index in [1.165, 1.54) is 0 Å². The number of carbonyl (C=O) groups is 3. The third-order valence-electron chi connectivity index (χ3n) is 8.73. The maximum Gasteiger partial charge on any atom is 0.248 e. The average molecular weight is 631 g/mol. The SMILES string of the molecule is C=CCN(Cc1ccccc1)C(=O)[C@H]1[C@@H]2OC3(CC2Br)C(C(=O)N(CC=C)C(C)C)N(CCCCCCO)C(=O)[C@H]13. The number of carbonyl (C=O) groups excluding carboxylic acids is 3. The first-order valence-corrected chi connectivity index (χ1v) is 15.7. The van der Waals surface area contributed by atoms with Gasteiger partial charge in [0.1, 0.15) is 11.6 Å². The number of halogens is 1. The van der Waals surface area contributed by atoms with Crippen LogP contribution >= 0.6 is 15.9 Å². The van der Waals surface area contributed by atoms with Gasteiger partial charge in [-0.3, -0.25) is 14.4 Å². The fraction of sp³-hybridized carbons (Fsp3) is 0.594. The molecule has 1 aromatic rings. The molecule has 0 aromatic heterocycles. The van der Waals surface area contributed by atoms with E-state index in [4.69, 9.17) is 4.74 Å². The molecule has 0 radical (unpaired) electrons. The summed E-state index contributed by atoms with van der Waals surface area (Å²) in [7, 11) is 0. The van der Waals surface area contributed by atoms with E-state index >= 15 is 0 Å². The summed E-state index contributed by atoms with van der Waals surface area (Å²) in [6, 6.07) is 8.86. The predicted octanol–water partition coefficient (Wildman–Crippen LogP) is 3.92. The highest BCUT2D eigenvalue weighted by atomic mass is 79.9. The van der Waals surface area contributed by atoms with Gasteiger partial charge in [0.25, 0.3) is 0 Å². The number of unbranched alkanes of at least 4 members (excludes halogenated alkanes) is 3. The van der Waals surface area contributed by atoms with Crippen LogP contribution in [0.25, 0.3) is 0 Å². The number of aliphatic hydroxyl groups excluding tert-OH is 1. The van der Waals surface area contributed by atoms with Crippen molar-refractivity contribution in [1.82, 2.24) is 14.7 Å².